The zero-order valence-electron chi connectivity index (χ0n) is 7.35. The van der Waals surface area contributed by atoms with E-state index in [4.69, 9.17) is 9.84 Å². The van der Waals surface area contributed by atoms with Gasteiger partial charge in [0.25, 0.3) is 0 Å². The summed E-state index contributed by atoms with van der Waals surface area (Å²) in [4.78, 5) is 0. The van der Waals surface area contributed by atoms with Gasteiger partial charge in [-0.25, -0.2) is 0 Å². The summed E-state index contributed by atoms with van der Waals surface area (Å²) in [6.45, 7) is 7.90. The van der Waals surface area contributed by atoms with Crippen molar-refractivity contribution in [1.82, 2.24) is 0 Å². The second-order valence-electron chi connectivity index (χ2n) is 3.09. The van der Waals surface area contributed by atoms with E-state index in [9.17, 15) is 0 Å². The first-order valence-corrected chi connectivity index (χ1v) is 3.87. The van der Waals surface area contributed by atoms with Gasteiger partial charge in [0.15, 0.2) is 6.29 Å². The van der Waals surface area contributed by atoms with Crippen molar-refractivity contribution in [3.8, 4) is 0 Å². The van der Waals surface area contributed by atoms with Crippen LogP contribution in [-0.4, -0.2) is 17.0 Å². The molecule has 2 nitrogen and oxygen atoms in total. The van der Waals surface area contributed by atoms with Crippen molar-refractivity contribution >= 4 is 0 Å². The molecule has 0 bridgehead atoms. The molecule has 0 radical (unpaired) electrons. The van der Waals surface area contributed by atoms with Gasteiger partial charge in [0.2, 0.25) is 0 Å². The lowest BCUT2D eigenvalue weighted by atomic mass is 10.1. The summed E-state index contributed by atoms with van der Waals surface area (Å²) in [7, 11) is 0. The Morgan fingerprint density at radius 1 is 1.40 bits per heavy atom. The van der Waals surface area contributed by atoms with Crippen molar-refractivity contribution < 1.29 is 9.84 Å². The van der Waals surface area contributed by atoms with Gasteiger partial charge < -0.3 is 9.84 Å². The minimum Gasteiger partial charge on any atom is -0.368 e. The predicted octanol–water partition coefficient (Wildman–Crippen LogP) is 1.92. The van der Waals surface area contributed by atoms with Crippen molar-refractivity contribution in [2.45, 2.75) is 52.4 Å². The summed E-state index contributed by atoms with van der Waals surface area (Å²) in [6, 6.07) is 0. The second-order valence-corrected chi connectivity index (χ2v) is 3.09. The molecule has 62 valence electrons. The summed E-state index contributed by atoms with van der Waals surface area (Å²) in [5.41, 5.74) is -0.185. The Balaban J connectivity index is 3.64. The number of rotatable bonds is 4. The van der Waals surface area contributed by atoms with E-state index in [2.05, 4.69) is 0 Å². The summed E-state index contributed by atoms with van der Waals surface area (Å²) in [5, 5.41) is 9.10. The molecule has 0 fully saturated rings. The molecule has 0 amide bonds. The van der Waals surface area contributed by atoms with Crippen LogP contribution in [0.25, 0.3) is 0 Å². The van der Waals surface area contributed by atoms with E-state index in [0.717, 1.165) is 6.42 Å². The van der Waals surface area contributed by atoms with Gasteiger partial charge in [-0.1, -0.05) is 13.8 Å². The topological polar surface area (TPSA) is 29.5 Å². The molecular formula is C8H18O2. The van der Waals surface area contributed by atoms with Crippen molar-refractivity contribution in [2.75, 3.05) is 0 Å². The van der Waals surface area contributed by atoms with Gasteiger partial charge in [-0.3, -0.25) is 0 Å². The average molecular weight is 146 g/mol. The van der Waals surface area contributed by atoms with E-state index in [0.29, 0.717) is 6.42 Å². The molecule has 0 spiro atoms. The largest absolute Gasteiger partial charge is 0.368 e. The lowest BCUT2D eigenvalue weighted by molar-refractivity contribution is -0.173. The number of aliphatic hydroxyl groups excluding tert-OH is 1. The van der Waals surface area contributed by atoms with Crippen LogP contribution < -0.4 is 0 Å². The van der Waals surface area contributed by atoms with Crippen LogP contribution in [0.5, 0.6) is 0 Å². The molecule has 0 aromatic carbocycles. The Morgan fingerprint density at radius 2 is 1.90 bits per heavy atom. The summed E-state index contributed by atoms with van der Waals surface area (Å²) >= 11 is 0. The Labute approximate surface area is 63.2 Å². The zero-order valence-corrected chi connectivity index (χ0v) is 7.35. The van der Waals surface area contributed by atoms with Crippen molar-refractivity contribution in [3.63, 3.8) is 0 Å². The standard InChI is InChI=1S/C8H18O2/c1-5-7(9)10-8(3,4)6-2/h7,9H,5-6H2,1-4H3. The van der Waals surface area contributed by atoms with E-state index in [1.165, 1.54) is 0 Å². The fraction of sp³-hybridized carbons (Fsp3) is 1.00. The number of aliphatic hydroxyl groups is 1. The molecule has 0 rings (SSSR count). The lowest BCUT2D eigenvalue weighted by Crippen LogP contribution is -2.29. The molecule has 0 saturated heterocycles. The molecule has 2 heteroatoms. The van der Waals surface area contributed by atoms with Crippen LogP contribution in [0.3, 0.4) is 0 Å². The second kappa shape index (κ2) is 3.94. The van der Waals surface area contributed by atoms with Crippen LogP contribution in [0.4, 0.5) is 0 Å². The van der Waals surface area contributed by atoms with Gasteiger partial charge in [-0.05, 0) is 26.7 Å². The molecule has 0 aromatic heterocycles. The first-order chi connectivity index (χ1) is 4.52. The number of hydrogen-bond donors (Lipinski definition) is 1. The molecule has 10 heavy (non-hydrogen) atoms. The maximum absolute atomic E-state index is 9.10. The molecule has 0 saturated carbocycles. The zero-order chi connectivity index (χ0) is 8.20. The van der Waals surface area contributed by atoms with Crippen molar-refractivity contribution in [1.29, 1.82) is 0 Å². The fourth-order valence-corrected chi connectivity index (χ4v) is 0.535. The molecular weight excluding hydrogens is 128 g/mol. The van der Waals surface area contributed by atoms with E-state index in [-0.39, 0.29) is 5.60 Å². The molecule has 0 aliphatic rings. The van der Waals surface area contributed by atoms with Crippen molar-refractivity contribution in [2.24, 2.45) is 0 Å². The van der Waals surface area contributed by atoms with Gasteiger partial charge in [-0.15, -0.1) is 0 Å². The fourth-order valence-electron chi connectivity index (χ4n) is 0.535. The molecule has 1 atom stereocenters. The van der Waals surface area contributed by atoms with Gasteiger partial charge in [0.05, 0.1) is 5.60 Å². The monoisotopic (exact) mass is 146 g/mol. The Kier molecular flexibility index (Phi) is 3.91. The summed E-state index contributed by atoms with van der Waals surface area (Å²) < 4.78 is 5.29. The summed E-state index contributed by atoms with van der Waals surface area (Å²) in [6.07, 6.45) is 0.975. The van der Waals surface area contributed by atoms with Crippen LogP contribution in [0, 0.1) is 0 Å². The minimum atomic E-state index is -0.602. The van der Waals surface area contributed by atoms with Crippen LogP contribution in [0.2, 0.25) is 0 Å². The SMILES string of the molecule is CCC(O)OC(C)(C)CC. The quantitative estimate of drug-likeness (QED) is 0.614. The molecule has 1 N–H and O–H groups in total. The van der Waals surface area contributed by atoms with Crippen LogP contribution in [-0.2, 0) is 4.74 Å². The highest BCUT2D eigenvalue weighted by molar-refractivity contribution is 4.65. The molecule has 0 aliphatic heterocycles. The third-order valence-corrected chi connectivity index (χ3v) is 1.66. The van der Waals surface area contributed by atoms with Crippen LogP contribution in [0.15, 0.2) is 0 Å². The van der Waals surface area contributed by atoms with Gasteiger partial charge in [0, 0.05) is 0 Å². The van der Waals surface area contributed by atoms with E-state index in [1.54, 1.807) is 0 Å². The first kappa shape index (κ1) is 9.92. The van der Waals surface area contributed by atoms with E-state index >= 15 is 0 Å². The number of ether oxygens (including phenoxy) is 1. The first-order valence-electron chi connectivity index (χ1n) is 3.87. The smallest absolute Gasteiger partial charge is 0.154 e. The van der Waals surface area contributed by atoms with E-state index in [1.807, 2.05) is 27.7 Å². The molecule has 1 unspecified atom stereocenters. The predicted molar refractivity (Wildman–Crippen MR) is 41.8 cm³/mol. The Bertz CT molecular complexity index is 89.3. The molecule has 0 aromatic rings. The Morgan fingerprint density at radius 3 is 2.20 bits per heavy atom. The highest BCUT2D eigenvalue weighted by Gasteiger charge is 2.18. The normalized spacial score (nSPS) is 15.3. The Hall–Kier alpha value is -0.0800. The highest BCUT2D eigenvalue weighted by atomic mass is 16.6. The third-order valence-electron chi connectivity index (χ3n) is 1.66. The van der Waals surface area contributed by atoms with Crippen molar-refractivity contribution in [3.05, 3.63) is 0 Å². The maximum Gasteiger partial charge on any atom is 0.154 e. The van der Waals surface area contributed by atoms with Crippen LogP contribution in [0.1, 0.15) is 40.5 Å². The minimum absolute atomic E-state index is 0.185. The van der Waals surface area contributed by atoms with E-state index < -0.39 is 6.29 Å². The maximum atomic E-state index is 9.10. The lowest BCUT2D eigenvalue weighted by Gasteiger charge is -2.26. The highest BCUT2D eigenvalue weighted by Crippen LogP contribution is 2.16. The third kappa shape index (κ3) is 3.85. The van der Waals surface area contributed by atoms with Gasteiger partial charge >= 0.3 is 0 Å². The summed E-state index contributed by atoms with van der Waals surface area (Å²) in [5.74, 6) is 0. The van der Waals surface area contributed by atoms with Crippen LogP contribution >= 0.6 is 0 Å². The molecule has 0 heterocycles. The molecule has 0 aliphatic carbocycles. The van der Waals surface area contributed by atoms with Gasteiger partial charge in [-0.2, -0.15) is 0 Å². The number of hydrogen-bond acceptors (Lipinski definition) is 2. The van der Waals surface area contributed by atoms with Gasteiger partial charge in [0.1, 0.15) is 0 Å². The average Bonchev–Trinajstić information content (AvgIpc) is 1.87.